The molecule has 0 bridgehead atoms. The van der Waals surface area contributed by atoms with Gasteiger partial charge in [-0.25, -0.2) is 14.2 Å². The smallest absolute Gasteiger partial charge is 0.418 e. The Hall–Kier alpha value is -1.66. The third-order valence-electron chi connectivity index (χ3n) is 4.28. The Morgan fingerprint density at radius 1 is 1.25 bits per heavy atom. The third-order valence-corrected chi connectivity index (χ3v) is 8.05. The van der Waals surface area contributed by atoms with Gasteiger partial charge >= 0.3 is 18.7 Å². The number of nitrogens with zero attached hydrogens (tertiary/aromatic N) is 1. The normalized spacial score (nSPS) is 25.7. The molecule has 1 heterocycles. The Bertz CT molecular complexity index is 754. The van der Waals surface area contributed by atoms with Crippen molar-refractivity contribution in [2.45, 2.75) is 26.4 Å². The molecule has 0 spiro atoms. The number of amides is 2. The summed E-state index contributed by atoms with van der Waals surface area (Å²) in [5, 5.41) is 14.0. The number of aliphatic carboxylic acids is 1. The second-order valence-corrected chi connectivity index (χ2v) is 13.1. The molecule has 184 valence electrons. The molecular formula is C18H33N3O9PS+. The summed E-state index contributed by atoms with van der Waals surface area (Å²) in [5.74, 6) is -4.36. The van der Waals surface area contributed by atoms with Crippen LogP contribution in [-0.4, -0.2) is 99.2 Å². The monoisotopic (exact) mass is 498 g/mol. The zero-order valence-electron chi connectivity index (χ0n) is 19.0. The average Bonchev–Trinajstić information content (AvgIpc) is 2.66. The first-order chi connectivity index (χ1) is 14.7. The van der Waals surface area contributed by atoms with Crippen molar-refractivity contribution in [2.75, 3.05) is 59.7 Å². The number of hydrogen-bond donors (Lipinski definition) is 3. The van der Waals surface area contributed by atoms with Crippen molar-refractivity contribution in [3.05, 3.63) is 0 Å². The van der Waals surface area contributed by atoms with E-state index in [4.69, 9.17) is 18.9 Å². The second-order valence-electron chi connectivity index (χ2n) is 8.87. The van der Waals surface area contributed by atoms with Gasteiger partial charge in [-0.3, -0.25) is 14.1 Å². The number of nitrogens with one attached hydrogen (secondary N) is 2. The van der Waals surface area contributed by atoms with Crippen LogP contribution in [0.25, 0.3) is 0 Å². The van der Waals surface area contributed by atoms with Crippen LogP contribution in [0.3, 0.4) is 0 Å². The number of carboxylic acid groups (broad SMARTS) is 1. The van der Waals surface area contributed by atoms with Crippen molar-refractivity contribution in [3.8, 4) is 0 Å². The third kappa shape index (κ3) is 10.3. The fourth-order valence-electron chi connectivity index (χ4n) is 2.41. The van der Waals surface area contributed by atoms with Crippen molar-refractivity contribution in [1.29, 1.82) is 0 Å². The molecule has 2 atom stereocenters. The molecule has 0 aliphatic carbocycles. The molecule has 0 radical (unpaired) electrons. The predicted molar refractivity (Wildman–Crippen MR) is 117 cm³/mol. The number of rotatable bonds is 5. The van der Waals surface area contributed by atoms with Crippen LogP contribution in [-0.2, 0) is 37.5 Å². The summed E-state index contributed by atoms with van der Waals surface area (Å²) in [7, 11) is 5.83. The van der Waals surface area contributed by atoms with Crippen LogP contribution in [0, 0.1) is 5.41 Å². The van der Waals surface area contributed by atoms with Crippen LogP contribution in [0.1, 0.15) is 20.3 Å². The van der Waals surface area contributed by atoms with E-state index in [1.54, 1.807) is 0 Å². The minimum absolute atomic E-state index is 0.0371. The maximum atomic E-state index is 13.3. The van der Waals surface area contributed by atoms with Crippen molar-refractivity contribution in [2.24, 2.45) is 5.41 Å². The molecule has 1 saturated heterocycles. The van der Waals surface area contributed by atoms with Gasteiger partial charge in [-0.05, 0) is 11.4 Å². The van der Waals surface area contributed by atoms with E-state index >= 15 is 0 Å². The van der Waals surface area contributed by atoms with E-state index in [1.165, 1.54) is 13.8 Å². The van der Waals surface area contributed by atoms with Gasteiger partial charge in [0.05, 0.1) is 27.7 Å². The molecule has 1 aliphatic rings. The molecule has 1 fully saturated rings. The van der Waals surface area contributed by atoms with E-state index in [9.17, 15) is 23.7 Å². The fourth-order valence-corrected chi connectivity index (χ4v) is 5.62. The molecule has 0 aromatic rings. The summed E-state index contributed by atoms with van der Waals surface area (Å²) in [4.78, 5) is 47.1. The zero-order chi connectivity index (χ0) is 24.6. The van der Waals surface area contributed by atoms with Crippen LogP contribution in [0.4, 0.5) is 0 Å². The van der Waals surface area contributed by atoms with Crippen LogP contribution >= 0.6 is 18.2 Å². The van der Waals surface area contributed by atoms with Gasteiger partial charge in [0.25, 0.3) is 5.91 Å². The Morgan fingerprint density at radius 3 is 2.50 bits per heavy atom. The first-order valence-electron chi connectivity index (χ1n) is 9.98. The highest BCUT2D eigenvalue weighted by Gasteiger charge is 2.42. The summed E-state index contributed by atoms with van der Waals surface area (Å²) in [6, 6.07) is 0. The number of hydrogen-bond acceptors (Lipinski definition) is 9. The predicted octanol–water partition coefficient (Wildman–Crippen LogP) is 0.226. The molecule has 1 rings (SSSR count). The molecule has 12 nitrogen and oxygen atoms in total. The van der Waals surface area contributed by atoms with Gasteiger partial charge in [-0.2, -0.15) is 0 Å². The quantitative estimate of drug-likeness (QED) is 0.207. The van der Waals surface area contributed by atoms with Gasteiger partial charge in [-0.15, -0.1) is 0 Å². The van der Waals surface area contributed by atoms with Gasteiger partial charge in [-0.1, -0.05) is 13.8 Å². The van der Waals surface area contributed by atoms with E-state index in [0.717, 1.165) is 11.4 Å². The first kappa shape index (κ1) is 28.4. The van der Waals surface area contributed by atoms with Gasteiger partial charge < -0.3 is 29.5 Å². The van der Waals surface area contributed by atoms with Crippen LogP contribution in [0.5, 0.6) is 0 Å². The Kier molecular flexibility index (Phi) is 10.6. The van der Waals surface area contributed by atoms with Crippen LogP contribution in [0.2, 0.25) is 0 Å². The standard InChI is InChI=1S/C18H32N3O9PS/c1-18(2)12-29-31(27,28-10-9-21(3,4)5)32-11-8-19-13(22)6-7-20-15(23)14(18)30-17(26)16(24)25/h14H,6-12H2,1-5H3,(H2-,19,20,22,23,24,25)/p+1/t14-,31?/m0/s1. The summed E-state index contributed by atoms with van der Waals surface area (Å²) in [6.45, 7) is -0.140. The fraction of sp³-hybridized carbons (Fsp3) is 0.778. The highest BCUT2D eigenvalue weighted by Crippen LogP contribution is 2.61. The lowest BCUT2D eigenvalue weighted by molar-refractivity contribution is -0.870. The highest BCUT2D eigenvalue weighted by atomic mass is 32.7. The van der Waals surface area contributed by atoms with E-state index in [1.807, 2.05) is 21.1 Å². The molecule has 1 aliphatic heterocycles. The number of esters is 1. The largest absolute Gasteiger partial charge is 0.473 e. The van der Waals surface area contributed by atoms with Crippen LogP contribution in [0.15, 0.2) is 0 Å². The minimum Gasteiger partial charge on any atom is -0.473 e. The van der Waals surface area contributed by atoms with Crippen molar-refractivity contribution in [3.63, 3.8) is 0 Å². The summed E-state index contributed by atoms with van der Waals surface area (Å²) < 4.78 is 29.9. The van der Waals surface area contributed by atoms with Crippen molar-refractivity contribution in [1.82, 2.24) is 10.6 Å². The van der Waals surface area contributed by atoms with E-state index in [-0.39, 0.29) is 44.4 Å². The number of likely N-dealkylation sites (N-methyl/N-ethyl adjacent to an activating group) is 1. The van der Waals surface area contributed by atoms with Gasteiger partial charge in [0, 0.05) is 30.7 Å². The molecule has 0 aromatic carbocycles. The topological polar surface area (TPSA) is 157 Å². The summed E-state index contributed by atoms with van der Waals surface area (Å²) >= 11 is 0.912. The van der Waals surface area contributed by atoms with Crippen molar-refractivity contribution < 1.29 is 47.1 Å². The van der Waals surface area contributed by atoms with E-state index in [2.05, 4.69) is 10.6 Å². The lowest BCUT2D eigenvalue weighted by atomic mass is 9.86. The van der Waals surface area contributed by atoms with Crippen molar-refractivity contribution >= 4 is 41.9 Å². The molecule has 0 saturated carbocycles. The maximum absolute atomic E-state index is 13.3. The SMILES string of the molecule is CC1(C)COP(=O)(OCC[N+](C)(C)C)SCCNC(=O)CCNC(=O)[C@@H]1OC(=O)C(=O)O. The number of ether oxygens (including phenoxy) is 1. The number of carbonyl (C=O) groups is 4. The Morgan fingerprint density at radius 2 is 1.91 bits per heavy atom. The van der Waals surface area contributed by atoms with E-state index in [0.29, 0.717) is 11.0 Å². The van der Waals surface area contributed by atoms with Gasteiger partial charge in [0.2, 0.25) is 5.91 Å². The molecule has 0 aromatic heterocycles. The summed E-state index contributed by atoms with van der Waals surface area (Å²) in [5.41, 5.74) is -1.26. The zero-order valence-corrected chi connectivity index (χ0v) is 20.8. The second kappa shape index (κ2) is 12.0. The number of carboxylic acids is 1. The molecule has 3 N–H and O–H groups in total. The van der Waals surface area contributed by atoms with Gasteiger partial charge in [0.15, 0.2) is 6.10 Å². The molecule has 2 amide bonds. The Labute approximate surface area is 191 Å². The number of quaternary nitrogens is 1. The van der Waals surface area contributed by atoms with E-state index < -0.39 is 36.2 Å². The summed E-state index contributed by atoms with van der Waals surface area (Å²) in [6.07, 6.45) is -1.60. The minimum atomic E-state index is -3.71. The average molecular weight is 499 g/mol. The van der Waals surface area contributed by atoms with Crippen LogP contribution < -0.4 is 10.6 Å². The molecular weight excluding hydrogens is 465 g/mol. The molecule has 1 unspecified atom stereocenters. The first-order valence-corrected chi connectivity index (χ1v) is 13.1. The number of carbonyl (C=O) groups excluding carboxylic acids is 3. The lowest BCUT2D eigenvalue weighted by Crippen LogP contribution is -2.49. The maximum Gasteiger partial charge on any atom is 0.418 e. The lowest BCUT2D eigenvalue weighted by Gasteiger charge is -2.33. The van der Waals surface area contributed by atoms with Gasteiger partial charge in [0.1, 0.15) is 13.2 Å². The highest BCUT2D eigenvalue weighted by molar-refractivity contribution is 8.55. The molecule has 14 heteroatoms. The molecule has 32 heavy (non-hydrogen) atoms. The Balaban J connectivity index is 3.09.